The molecule has 23 heavy (non-hydrogen) atoms. The fourth-order valence-corrected chi connectivity index (χ4v) is 3.44. The zero-order chi connectivity index (χ0) is 16.1. The van der Waals surface area contributed by atoms with Crippen molar-refractivity contribution < 1.29 is 0 Å². The molecule has 1 aromatic heterocycles. The summed E-state index contributed by atoms with van der Waals surface area (Å²) in [4.78, 5) is 12.7. The third kappa shape index (κ3) is 6.54. The van der Waals surface area contributed by atoms with E-state index >= 15 is 0 Å². The smallest absolute Gasteiger partial charge is 0.191 e. The Morgan fingerprint density at radius 3 is 2.52 bits per heavy atom. The van der Waals surface area contributed by atoms with Crippen LogP contribution in [0, 0.1) is 13.8 Å². The van der Waals surface area contributed by atoms with E-state index in [2.05, 4.69) is 53.2 Å². The van der Waals surface area contributed by atoms with Crippen molar-refractivity contribution in [1.82, 2.24) is 20.5 Å². The van der Waals surface area contributed by atoms with E-state index < -0.39 is 0 Å². The van der Waals surface area contributed by atoms with Crippen LogP contribution in [0.15, 0.2) is 4.99 Å². The van der Waals surface area contributed by atoms with Crippen molar-refractivity contribution in [2.45, 2.75) is 59.2 Å². The molecule has 1 fully saturated rings. The monoisotopic (exact) mass is 451 g/mol. The highest BCUT2D eigenvalue weighted by molar-refractivity contribution is 14.0. The van der Waals surface area contributed by atoms with Gasteiger partial charge in [-0.05, 0) is 40.5 Å². The van der Waals surface area contributed by atoms with Gasteiger partial charge in [-0.25, -0.2) is 4.98 Å². The summed E-state index contributed by atoms with van der Waals surface area (Å²) < 4.78 is 0. The lowest BCUT2D eigenvalue weighted by Gasteiger charge is -2.26. The van der Waals surface area contributed by atoms with Gasteiger partial charge in [0.2, 0.25) is 0 Å². The lowest BCUT2D eigenvalue weighted by Crippen LogP contribution is -2.43. The van der Waals surface area contributed by atoms with Crippen LogP contribution < -0.4 is 10.6 Å². The van der Waals surface area contributed by atoms with Gasteiger partial charge < -0.3 is 10.6 Å². The molecule has 0 atom stereocenters. The zero-order valence-electron chi connectivity index (χ0n) is 14.8. The number of aliphatic imine (C=N–C) groups is 1. The largest absolute Gasteiger partial charge is 0.355 e. The summed E-state index contributed by atoms with van der Waals surface area (Å²) in [5, 5.41) is 7.86. The van der Waals surface area contributed by atoms with Crippen LogP contribution in [-0.4, -0.2) is 48.1 Å². The van der Waals surface area contributed by atoms with Gasteiger partial charge in [0.05, 0.1) is 12.2 Å². The average molecular weight is 451 g/mol. The Bertz CT molecular complexity index is 489. The van der Waals surface area contributed by atoms with Gasteiger partial charge in [-0.15, -0.1) is 35.3 Å². The Balaban J connectivity index is 0.00000264. The molecule has 1 aliphatic carbocycles. The summed E-state index contributed by atoms with van der Waals surface area (Å²) in [6.07, 6.45) is 2.71. The number of thiazole rings is 1. The van der Waals surface area contributed by atoms with E-state index in [0.29, 0.717) is 6.04 Å². The lowest BCUT2D eigenvalue weighted by atomic mass is 10.3. The minimum Gasteiger partial charge on any atom is -0.355 e. The fourth-order valence-electron chi connectivity index (χ4n) is 2.57. The third-order valence-electron chi connectivity index (χ3n) is 4.05. The molecule has 1 aliphatic rings. The van der Waals surface area contributed by atoms with Gasteiger partial charge in [-0.2, -0.15) is 0 Å². The molecule has 0 bridgehead atoms. The molecule has 0 spiro atoms. The molecule has 0 saturated heterocycles. The van der Waals surface area contributed by atoms with Crippen LogP contribution in [0.1, 0.15) is 42.3 Å². The predicted molar refractivity (Wildman–Crippen MR) is 110 cm³/mol. The van der Waals surface area contributed by atoms with Crippen LogP contribution in [0.4, 0.5) is 0 Å². The maximum absolute atomic E-state index is 4.54. The number of hydrogen-bond acceptors (Lipinski definition) is 4. The van der Waals surface area contributed by atoms with Crippen LogP contribution in [0.25, 0.3) is 0 Å². The second kappa shape index (κ2) is 9.78. The third-order valence-corrected chi connectivity index (χ3v) is 5.12. The number of nitrogens with zero attached hydrogens (tertiary/aromatic N) is 3. The Labute approximate surface area is 161 Å². The SMILES string of the molecule is CN=C(NCCN(C(C)C)C1CC1)NCc1nc(C)c(C)s1.I. The number of hydrogen-bond donors (Lipinski definition) is 2. The summed E-state index contributed by atoms with van der Waals surface area (Å²) in [6.45, 7) is 11.4. The van der Waals surface area contributed by atoms with Crippen molar-refractivity contribution in [3.05, 3.63) is 15.6 Å². The maximum Gasteiger partial charge on any atom is 0.191 e. The van der Waals surface area contributed by atoms with E-state index in [-0.39, 0.29) is 24.0 Å². The first-order chi connectivity index (χ1) is 10.5. The van der Waals surface area contributed by atoms with Crippen molar-refractivity contribution in [1.29, 1.82) is 0 Å². The Morgan fingerprint density at radius 2 is 2.04 bits per heavy atom. The summed E-state index contributed by atoms with van der Waals surface area (Å²) in [6, 6.07) is 1.42. The van der Waals surface area contributed by atoms with Gasteiger partial charge in [0.15, 0.2) is 5.96 Å². The van der Waals surface area contributed by atoms with Crippen molar-refractivity contribution in [3.8, 4) is 0 Å². The van der Waals surface area contributed by atoms with Gasteiger partial charge in [-0.1, -0.05) is 0 Å². The predicted octanol–water partition coefficient (Wildman–Crippen LogP) is 2.92. The van der Waals surface area contributed by atoms with Gasteiger partial charge in [0.1, 0.15) is 5.01 Å². The van der Waals surface area contributed by atoms with E-state index in [1.807, 2.05) is 7.05 Å². The summed E-state index contributed by atoms with van der Waals surface area (Å²) in [5.41, 5.74) is 1.13. The van der Waals surface area contributed by atoms with Gasteiger partial charge in [0, 0.05) is 37.1 Å². The Kier molecular flexibility index (Phi) is 8.78. The van der Waals surface area contributed by atoms with E-state index in [9.17, 15) is 0 Å². The molecule has 0 radical (unpaired) electrons. The quantitative estimate of drug-likeness (QED) is 0.380. The van der Waals surface area contributed by atoms with Crippen molar-refractivity contribution in [2.24, 2.45) is 4.99 Å². The number of halogens is 1. The average Bonchev–Trinajstić information content (AvgIpc) is 3.25. The molecule has 0 aromatic carbocycles. The fraction of sp³-hybridized carbons (Fsp3) is 0.750. The second-order valence-corrected chi connectivity index (χ2v) is 7.45. The maximum atomic E-state index is 4.54. The van der Waals surface area contributed by atoms with Crippen LogP contribution in [0.3, 0.4) is 0 Å². The number of aryl methyl sites for hydroxylation is 2. The minimum atomic E-state index is 0. The second-order valence-electron chi connectivity index (χ2n) is 6.16. The van der Waals surface area contributed by atoms with Crippen LogP contribution in [0.2, 0.25) is 0 Å². The summed E-state index contributed by atoms with van der Waals surface area (Å²) in [7, 11) is 1.81. The van der Waals surface area contributed by atoms with Crippen molar-refractivity contribution in [3.63, 3.8) is 0 Å². The molecule has 2 rings (SSSR count). The topological polar surface area (TPSA) is 52.6 Å². The van der Waals surface area contributed by atoms with E-state index in [4.69, 9.17) is 0 Å². The highest BCUT2D eigenvalue weighted by atomic mass is 127. The first-order valence-electron chi connectivity index (χ1n) is 8.14. The molecule has 0 aliphatic heterocycles. The van der Waals surface area contributed by atoms with E-state index in [0.717, 1.165) is 42.3 Å². The van der Waals surface area contributed by atoms with Crippen LogP contribution >= 0.6 is 35.3 Å². The van der Waals surface area contributed by atoms with Crippen LogP contribution in [-0.2, 0) is 6.54 Å². The van der Waals surface area contributed by atoms with E-state index in [1.165, 1.54) is 17.7 Å². The molecule has 132 valence electrons. The lowest BCUT2D eigenvalue weighted by molar-refractivity contribution is 0.215. The minimum absolute atomic E-state index is 0. The van der Waals surface area contributed by atoms with Crippen LogP contribution in [0.5, 0.6) is 0 Å². The molecule has 1 heterocycles. The number of nitrogens with one attached hydrogen (secondary N) is 2. The molecule has 2 N–H and O–H groups in total. The molecule has 1 aromatic rings. The number of aromatic nitrogens is 1. The first kappa shape index (κ1) is 20.6. The van der Waals surface area contributed by atoms with E-state index in [1.54, 1.807) is 11.3 Å². The van der Waals surface area contributed by atoms with Gasteiger partial charge in [0.25, 0.3) is 0 Å². The normalized spacial score (nSPS) is 15.0. The highest BCUT2D eigenvalue weighted by Crippen LogP contribution is 2.27. The molecule has 7 heteroatoms. The molecule has 0 amide bonds. The Morgan fingerprint density at radius 1 is 1.35 bits per heavy atom. The summed E-state index contributed by atoms with van der Waals surface area (Å²) in [5.74, 6) is 0.852. The molecule has 5 nitrogen and oxygen atoms in total. The zero-order valence-corrected chi connectivity index (χ0v) is 18.0. The molecule has 0 unspecified atom stereocenters. The molecule has 1 saturated carbocycles. The summed E-state index contributed by atoms with van der Waals surface area (Å²) >= 11 is 1.75. The Hall–Kier alpha value is -0.410. The number of rotatable bonds is 7. The number of guanidine groups is 1. The molecular formula is C16H30IN5S. The van der Waals surface area contributed by atoms with Gasteiger partial charge in [-0.3, -0.25) is 9.89 Å². The highest BCUT2D eigenvalue weighted by Gasteiger charge is 2.30. The van der Waals surface area contributed by atoms with Crippen molar-refractivity contribution >= 4 is 41.3 Å². The molecular weight excluding hydrogens is 421 g/mol. The first-order valence-corrected chi connectivity index (χ1v) is 8.96. The standard InChI is InChI=1S/C16H29N5S.HI/c1-11(2)21(14-6-7-14)9-8-18-16(17-5)19-10-15-20-12(3)13(4)22-15;/h11,14H,6-10H2,1-5H3,(H2,17,18,19);1H. The van der Waals surface area contributed by atoms with Gasteiger partial charge >= 0.3 is 0 Å². The van der Waals surface area contributed by atoms with Crippen molar-refractivity contribution in [2.75, 3.05) is 20.1 Å².